The zero-order chi connectivity index (χ0) is 13.4. The Kier molecular flexibility index (Phi) is 2.82. The minimum Gasteiger partial charge on any atom is -0.326 e. The van der Waals surface area contributed by atoms with Crippen LogP contribution >= 0.6 is 0 Å². The van der Waals surface area contributed by atoms with Gasteiger partial charge in [0.1, 0.15) is 5.69 Å². The van der Waals surface area contributed by atoms with E-state index in [1.165, 1.54) is 11.1 Å². The third-order valence-electron chi connectivity index (χ3n) is 3.79. The lowest BCUT2D eigenvalue weighted by atomic mass is 10.1. The Morgan fingerprint density at radius 2 is 2.05 bits per heavy atom. The average Bonchev–Trinajstić information content (AvgIpc) is 2.77. The summed E-state index contributed by atoms with van der Waals surface area (Å²) in [6, 6.07) is 12.1. The molecule has 0 saturated carbocycles. The summed E-state index contributed by atoms with van der Waals surface area (Å²) < 4.78 is 0. The highest BCUT2D eigenvalue weighted by Crippen LogP contribution is 2.34. The van der Waals surface area contributed by atoms with E-state index in [9.17, 15) is 4.79 Å². The number of rotatable bonds is 1. The molecule has 0 radical (unpaired) electrons. The first-order valence-electron chi connectivity index (χ1n) is 6.49. The van der Waals surface area contributed by atoms with Crippen LogP contribution in [0, 0.1) is 6.92 Å². The van der Waals surface area contributed by atoms with Crippen LogP contribution in [0.15, 0.2) is 42.6 Å². The summed E-state index contributed by atoms with van der Waals surface area (Å²) in [5, 5.41) is 0. The van der Waals surface area contributed by atoms with Crippen LogP contribution in [0.25, 0.3) is 0 Å². The molecule has 2 heterocycles. The molecule has 19 heavy (non-hydrogen) atoms. The van der Waals surface area contributed by atoms with Gasteiger partial charge in [0, 0.05) is 12.7 Å². The highest BCUT2D eigenvalue weighted by atomic mass is 16.2. The Morgan fingerprint density at radius 3 is 2.79 bits per heavy atom. The van der Waals surface area contributed by atoms with E-state index in [2.05, 4.69) is 24.0 Å². The standard InChI is InChI=1S/C16H16N2O/c1-11-6-5-9-17-15(11)16(19)18-10-13-7-3-4-8-14(13)12(18)2/h3-9,12H,10H2,1-2H3/t12-/m1/s1. The Labute approximate surface area is 112 Å². The number of fused-ring (bicyclic) bond motifs is 1. The maximum atomic E-state index is 12.6. The number of amides is 1. The van der Waals surface area contributed by atoms with E-state index >= 15 is 0 Å². The SMILES string of the molecule is Cc1cccnc1C(=O)N1Cc2ccccc2[C@H]1C. The molecule has 0 N–H and O–H groups in total. The summed E-state index contributed by atoms with van der Waals surface area (Å²) in [6.45, 7) is 4.67. The molecule has 3 heteroatoms. The maximum Gasteiger partial charge on any atom is 0.273 e. The molecule has 3 nitrogen and oxygen atoms in total. The molecule has 1 aliphatic heterocycles. The normalized spacial score (nSPS) is 17.4. The summed E-state index contributed by atoms with van der Waals surface area (Å²) in [7, 11) is 0. The Balaban J connectivity index is 1.94. The first-order valence-corrected chi connectivity index (χ1v) is 6.49. The molecule has 2 aromatic rings. The van der Waals surface area contributed by atoms with Crippen LogP contribution in [0.5, 0.6) is 0 Å². The van der Waals surface area contributed by atoms with E-state index in [1.54, 1.807) is 6.20 Å². The molecular weight excluding hydrogens is 236 g/mol. The Bertz CT molecular complexity index is 636. The van der Waals surface area contributed by atoms with Crippen LogP contribution in [0.3, 0.4) is 0 Å². The largest absolute Gasteiger partial charge is 0.326 e. The summed E-state index contributed by atoms with van der Waals surface area (Å²) >= 11 is 0. The van der Waals surface area contributed by atoms with Gasteiger partial charge >= 0.3 is 0 Å². The smallest absolute Gasteiger partial charge is 0.273 e. The van der Waals surface area contributed by atoms with Crippen molar-refractivity contribution in [2.24, 2.45) is 0 Å². The van der Waals surface area contributed by atoms with Crippen molar-refractivity contribution in [3.05, 3.63) is 65.0 Å². The van der Waals surface area contributed by atoms with Gasteiger partial charge in [-0.15, -0.1) is 0 Å². The zero-order valence-corrected chi connectivity index (χ0v) is 11.1. The number of benzene rings is 1. The van der Waals surface area contributed by atoms with Gasteiger partial charge in [0.2, 0.25) is 0 Å². The van der Waals surface area contributed by atoms with E-state index < -0.39 is 0 Å². The summed E-state index contributed by atoms with van der Waals surface area (Å²) in [6.07, 6.45) is 1.67. The van der Waals surface area contributed by atoms with Gasteiger partial charge in [-0.25, -0.2) is 0 Å². The number of nitrogens with zero attached hydrogens (tertiary/aromatic N) is 2. The number of hydrogen-bond acceptors (Lipinski definition) is 2. The van der Waals surface area contributed by atoms with Crippen LogP contribution in [0.4, 0.5) is 0 Å². The third-order valence-corrected chi connectivity index (χ3v) is 3.79. The molecule has 1 aromatic heterocycles. The van der Waals surface area contributed by atoms with Gasteiger partial charge in [-0.3, -0.25) is 9.78 Å². The van der Waals surface area contributed by atoms with E-state index in [-0.39, 0.29) is 11.9 Å². The van der Waals surface area contributed by atoms with Crippen LogP contribution in [0.2, 0.25) is 0 Å². The second-order valence-corrected chi connectivity index (χ2v) is 4.98. The van der Waals surface area contributed by atoms with Crippen molar-refractivity contribution in [1.29, 1.82) is 0 Å². The number of carbonyl (C=O) groups excluding carboxylic acids is 1. The molecule has 3 rings (SSSR count). The lowest BCUT2D eigenvalue weighted by Crippen LogP contribution is -2.29. The first-order chi connectivity index (χ1) is 9.18. The van der Waals surface area contributed by atoms with Gasteiger partial charge in [-0.2, -0.15) is 0 Å². The van der Waals surface area contributed by atoms with Crippen molar-refractivity contribution in [3.63, 3.8) is 0 Å². The van der Waals surface area contributed by atoms with Crippen molar-refractivity contribution < 1.29 is 4.79 Å². The molecule has 0 fully saturated rings. The molecule has 1 aromatic carbocycles. The van der Waals surface area contributed by atoms with Crippen molar-refractivity contribution in [2.45, 2.75) is 26.4 Å². The monoisotopic (exact) mass is 252 g/mol. The molecule has 0 spiro atoms. The van der Waals surface area contributed by atoms with Gasteiger partial charge < -0.3 is 4.90 Å². The van der Waals surface area contributed by atoms with E-state index in [1.807, 2.05) is 36.1 Å². The van der Waals surface area contributed by atoms with Gasteiger partial charge in [-0.1, -0.05) is 30.3 Å². The van der Waals surface area contributed by atoms with Gasteiger partial charge in [-0.05, 0) is 36.6 Å². The molecule has 96 valence electrons. The fourth-order valence-corrected chi connectivity index (χ4v) is 2.67. The fraction of sp³-hybridized carbons (Fsp3) is 0.250. The predicted octanol–water partition coefficient (Wildman–Crippen LogP) is 3.11. The summed E-state index contributed by atoms with van der Waals surface area (Å²) in [4.78, 5) is 18.7. The lowest BCUT2D eigenvalue weighted by Gasteiger charge is -2.22. The number of carbonyl (C=O) groups is 1. The average molecular weight is 252 g/mol. The van der Waals surface area contributed by atoms with Gasteiger partial charge in [0.25, 0.3) is 5.91 Å². The maximum absolute atomic E-state index is 12.6. The number of aromatic nitrogens is 1. The second-order valence-electron chi connectivity index (χ2n) is 4.98. The highest BCUT2D eigenvalue weighted by molar-refractivity contribution is 5.94. The summed E-state index contributed by atoms with van der Waals surface area (Å²) in [5.74, 6) is 0.0156. The highest BCUT2D eigenvalue weighted by Gasteiger charge is 2.31. The topological polar surface area (TPSA) is 33.2 Å². The van der Waals surface area contributed by atoms with E-state index in [0.717, 1.165) is 5.56 Å². The number of aryl methyl sites for hydroxylation is 1. The molecule has 1 amide bonds. The van der Waals surface area contributed by atoms with Crippen molar-refractivity contribution in [1.82, 2.24) is 9.88 Å². The number of pyridine rings is 1. The van der Waals surface area contributed by atoms with Crippen LogP contribution in [-0.2, 0) is 6.54 Å². The van der Waals surface area contributed by atoms with Crippen LogP contribution in [0.1, 0.15) is 40.1 Å². The minimum atomic E-state index is 0.0156. The predicted molar refractivity (Wildman–Crippen MR) is 73.7 cm³/mol. The molecule has 1 aliphatic rings. The molecule has 0 saturated heterocycles. The fourth-order valence-electron chi connectivity index (χ4n) is 2.67. The molecule has 1 atom stereocenters. The molecule has 0 bridgehead atoms. The minimum absolute atomic E-state index is 0.0156. The van der Waals surface area contributed by atoms with Gasteiger partial charge in [0.15, 0.2) is 0 Å². The van der Waals surface area contributed by atoms with Gasteiger partial charge in [0.05, 0.1) is 6.04 Å². The number of hydrogen-bond donors (Lipinski definition) is 0. The second kappa shape index (κ2) is 4.50. The Hall–Kier alpha value is -2.16. The van der Waals surface area contributed by atoms with E-state index in [4.69, 9.17) is 0 Å². The van der Waals surface area contributed by atoms with Crippen molar-refractivity contribution in [2.75, 3.05) is 0 Å². The van der Waals surface area contributed by atoms with E-state index in [0.29, 0.717) is 12.2 Å². The quantitative estimate of drug-likeness (QED) is 0.781. The van der Waals surface area contributed by atoms with Crippen LogP contribution < -0.4 is 0 Å². The summed E-state index contributed by atoms with van der Waals surface area (Å²) in [5.41, 5.74) is 3.96. The van der Waals surface area contributed by atoms with Crippen molar-refractivity contribution in [3.8, 4) is 0 Å². The molecular formula is C16H16N2O. The lowest BCUT2D eigenvalue weighted by molar-refractivity contribution is 0.0698. The third kappa shape index (κ3) is 1.91. The molecule has 0 unspecified atom stereocenters. The van der Waals surface area contributed by atoms with Crippen molar-refractivity contribution >= 4 is 5.91 Å². The molecule has 0 aliphatic carbocycles. The Morgan fingerprint density at radius 1 is 1.26 bits per heavy atom. The first kappa shape index (κ1) is 11.9. The zero-order valence-electron chi connectivity index (χ0n) is 11.1. The van der Waals surface area contributed by atoms with Crippen LogP contribution in [-0.4, -0.2) is 15.8 Å².